The third-order valence-electron chi connectivity index (χ3n) is 5.00. The van der Waals surface area contributed by atoms with Crippen molar-refractivity contribution < 1.29 is 4.42 Å². The van der Waals surface area contributed by atoms with Crippen LogP contribution in [0.1, 0.15) is 57.3 Å². The van der Waals surface area contributed by atoms with Crippen molar-refractivity contribution >= 4 is 5.96 Å². The van der Waals surface area contributed by atoms with E-state index in [0.29, 0.717) is 0 Å². The van der Waals surface area contributed by atoms with Crippen LogP contribution in [0.2, 0.25) is 0 Å². The molecule has 0 aromatic carbocycles. The Bertz CT molecular complexity index is 489. The third-order valence-corrected chi connectivity index (χ3v) is 5.00. The van der Waals surface area contributed by atoms with E-state index in [4.69, 9.17) is 9.41 Å². The second-order valence-electron chi connectivity index (χ2n) is 7.01. The summed E-state index contributed by atoms with van der Waals surface area (Å²) in [6.45, 7) is 7.05. The number of hydrogen-bond acceptors (Lipinski definition) is 3. The van der Waals surface area contributed by atoms with Gasteiger partial charge in [0.1, 0.15) is 5.76 Å². The summed E-state index contributed by atoms with van der Waals surface area (Å²) in [5, 5.41) is 6.85. The smallest absolute Gasteiger partial charge is 0.191 e. The van der Waals surface area contributed by atoms with E-state index in [0.717, 1.165) is 50.4 Å². The Labute approximate surface area is 145 Å². The van der Waals surface area contributed by atoms with Gasteiger partial charge in [0.15, 0.2) is 5.96 Å². The minimum absolute atomic E-state index is 0.254. The molecule has 1 aromatic rings. The van der Waals surface area contributed by atoms with Gasteiger partial charge in [-0.3, -0.25) is 9.89 Å². The highest BCUT2D eigenvalue weighted by Gasteiger charge is 2.25. The van der Waals surface area contributed by atoms with Gasteiger partial charge >= 0.3 is 0 Å². The van der Waals surface area contributed by atoms with Crippen molar-refractivity contribution in [2.75, 3.05) is 32.7 Å². The molecule has 2 aliphatic rings. The molecule has 24 heavy (non-hydrogen) atoms. The fraction of sp³-hybridized carbons (Fsp3) is 0.737. The first-order valence-corrected chi connectivity index (χ1v) is 9.66. The van der Waals surface area contributed by atoms with Crippen molar-refractivity contribution in [3.05, 3.63) is 24.2 Å². The van der Waals surface area contributed by atoms with E-state index in [1.165, 1.54) is 38.5 Å². The quantitative estimate of drug-likeness (QED) is 0.414. The van der Waals surface area contributed by atoms with Crippen LogP contribution in [0.25, 0.3) is 0 Å². The fourth-order valence-electron chi connectivity index (χ4n) is 3.44. The van der Waals surface area contributed by atoms with Crippen molar-refractivity contribution in [1.82, 2.24) is 15.5 Å². The molecule has 5 heteroatoms. The second-order valence-corrected chi connectivity index (χ2v) is 7.01. The minimum Gasteiger partial charge on any atom is -0.468 e. The van der Waals surface area contributed by atoms with Gasteiger partial charge in [-0.1, -0.05) is 12.8 Å². The summed E-state index contributed by atoms with van der Waals surface area (Å²) in [5.41, 5.74) is 0. The Morgan fingerprint density at radius 2 is 2.17 bits per heavy atom. The maximum atomic E-state index is 5.68. The van der Waals surface area contributed by atoms with Crippen LogP contribution in [0.4, 0.5) is 0 Å². The molecule has 1 atom stereocenters. The zero-order chi connectivity index (χ0) is 16.6. The van der Waals surface area contributed by atoms with Crippen LogP contribution in [0.5, 0.6) is 0 Å². The fourth-order valence-corrected chi connectivity index (χ4v) is 3.44. The predicted octanol–water partition coefficient (Wildman–Crippen LogP) is 3.16. The normalized spacial score (nSPS) is 20.3. The van der Waals surface area contributed by atoms with E-state index in [1.54, 1.807) is 6.26 Å². The van der Waals surface area contributed by atoms with Gasteiger partial charge in [0.2, 0.25) is 0 Å². The van der Waals surface area contributed by atoms with E-state index in [1.807, 2.05) is 6.07 Å². The molecule has 2 heterocycles. The predicted molar refractivity (Wildman–Crippen MR) is 98.2 cm³/mol. The molecule has 1 aliphatic heterocycles. The molecule has 2 fully saturated rings. The summed E-state index contributed by atoms with van der Waals surface area (Å²) < 4.78 is 5.68. The highest BCUT2D eigenvalue weighted by Crippen LogP contribution is 2.33. The van der Waals surface area contributed by atoms with Crippen LogP contribution in [-0.4, -0.2) is 43.6 Å². The van der Waals surface area contributed by atoms with Gasteiger partial charge in [0, 0.05) is 13.1 Å². The summed E-state index contributed by atoms with van der Waals surface area (Å²) in [6, 6.07) is 4.31. The summed E-state index contributed by atoms with van der Waals surface area (Å²) in [5.74, 6) is 2.97. The summed E-state index contributed by atoms with van der Waals surface area (Å²) in [7, 11) is 0. The molecule has 134 valence electrons. The van der Waals surface area contributed by atoms with Crippen molar-refractivity contribution in [3.8, 4) is 0 Å². The Balaban J connectivity index is 1.54. The van der Waals surface area contributed by atoms with E-state index >= 15 is 0 Å². The lowest BCUT2D eigenvalue weighted by molar-refractivity contribution is 0.221. The van der Waals surface area contributed by atoms with Gasteiger partial charge in [-0.05, 0) is 63.7 Å². The first kappa shape index (κ1) is 17.3. The molecule has 0 radical (unpaired) electrons. The van der Waals surface area contributed by atoms with E-state index in [-0.39, 0.29) is 6.04 Å². The first-order chi connectivity index (χ1) is 11.9. The first-order valence-electron chi connectivity index (χ1n) is 9.66. The number of nitrogens with one attached hydrogen (secondary N) is 2. The zero-order valence-corrected chi connectivity index (χ0v) is 15.0. The molecule has 0 bridgehead atoms. The highest BCUT2D eigenvalue weighted by atomic mass is 16.3. The maximum absolute atomic E-state index is 5.68. The zero-order valence-electron chi connectivity index (χ0n) is 15.0. The van der Waals surface area contributed by atoms with Crippen LogP contribution in [-0.2, 0) is 0 Å². The minimum atomic E-state index is 0.254. The molecule has 1 unspecified atom stereocenters. The average molecular weight is 332 g/mol. The molecule has 2 N–H and O–H groups in total. The number of nitrogens with zero attached hydrogens (tertiary/aromatic N) is 2. The summed E-state index contributed by atoms with van der Waals surface area (Å²) >= 11 is 0. The van der Waals surface area contributed by atoms with Crippen LogP contribution < -0.4 is 10.6 Å². The van der Waals surface area contributed by atoms with E-state index < -0.39 is 0 Å². The summed E-state index contributed by atoms with van der Waals surface area (Å²) in [6.07, 6.45) is 9.80. The molecule has 1 saturated carbocycles. The monoisotopic (exact) mass is 332 g/mol. The van der Waals surface area contributed by atoms with Gasteiger partial charge in [0.05, 0.1) is 18.8 Å². The van der Waals surface area contributed by atoms with Crippen molar-refractivity contribution in [2.24, 2.45) is 10.9 Å². The molecule has 1 aromatic heterocycles. The summed E-state index contributed by atoms with van der Waals surface area (Å²) in [4.78, 5) is 7.34. The highest BCUT2D eigenvalue weighted by molar-refractivity contribution is 5.79. The second kappa shape index (κ2) is 9.11. The van der Waals surface area contributed by atoms with Crippen LogP contribution in [0, 0.1) is 5.92 Å². The average Bonchev–Trinajstić information content (AvgIpc) is 3.05. The van der Waals surface area contributed by atoms with Gasteiger partial charge in [-0.15, -0.1) is 0 Å². The van der Waals surface area contributed by atoms with Crippen LogP contribution >= 0.6 is 0 Å². The molecule has 1 saturated heterocycles. The standard InChI is InChI=1S/C19H32N4O/c1-2-20-19(21-11-5-7-16-9-10-16)22-15-17(18-8-6-14-24-18)23-12-3-4-13-23/h6,8,14,16-17H,2-5,7,9-13,15H2,1H3,(H2,20,21,22). The van der Waals surface area contributed by atoms with Gasteiger partial charge < -0.3 is 15.1 Å². The van der Waals surface area contributed by atoms with Gasteiger partial charge in [-0.2, -0.15) is 0 Å². The lowest BCUT2D eigenvalue weighted by Crippen LogP contribution is -2.38. The van der Waals surface area contributed by atoms with Crippen molar-refractivity contribution in [3.63, 3.8) is 0 Å². The molecule has 0 spiro atoms. The van der Waals surface area contributed by atoms with Gasteiger partial charge in [0.25, 0.3) is 0 Å². The molecule has 3 rings (SSSR count). The number of guanidine groups is 1. The van der Waals surface area contributed by atoms with E-state index in [9.17, 15) is 0 Å². The van der Waals surface area contributed by atoms with Crippen LogP contribution in [0.3, 0.4) is 0 Å². The number of hydrogen-bond donors (Lipinski definition) is 2. The third kappa shape index (κ3) is 5.26. The Morgan fingerprint density at radius 1 is 1.33 bits per heavy atom. The largest absolute Gasteiger partial charge is 0.468 e. The molecule has 1 aliphatic carbocycles. The number of furan rings is 1. The van der Waals surface area contributed by atoms with E-state index in [2.05, 4.69) is 28.5 Å². The SMILES string of the molecule is CCNC(=NCC(c1ccco1)N1CCCC1)NCCCC1CC1. The molecular formula is C19H32N4O. The van der Waals surface area contributed by atoms with Crippen molar-refractivity contribution in [1.29, 1.82) is 0 Å². The lowest BCUT2D eigenvalue weighted by Gasteiger charge is -2.24. The molecular weight excluding hydrogens is 300 g/mol. The van der Waals surface area contributed by atoms with Crippen LogP contribution in [0.15, 0.2) is 27.8 Å². The van der Waals surface area contributed by atoms with Gasteiger partial charge in [-0.25, -0.2) is 0 Å². The molecule has 5 nitrogen and oxygen atoms in total. The number of likely N-dealkylation sites (tertiary alicyclic amines) is 1. The topological polar surface area (TPSA) is 52.8 Å². The maximum Gasteiger partial charge on any atom is 0.191 e. The number of rotatable bonds is 9. The Morgan fingerprint density at radius 3 is 2.83 bits per heavy atom. The Hall–Kier alpha value is -1.49. The number of aliphatic imine (C=N–C) groups is 1. The Kier molecular flexibility index (Phi) is 6.58. The molecule has 0 amide bonds. The van der Waals surface area contributed by atoms with Crippen molar-refractivity contribution in [2.45, 2.75) is 51.5 Å². The lowest BCUT2D eigenvalue weighted by atomic mass is 10.2.